The van der Waals surface area contributed by atoms with Gasteiger partial charge in [-0.1, -0.05) is 6.92 Å². The van der Waals surface area contributed by atoms with Crippen molar-refractivity contribution in [2.45, 2.75) is 39.7 Å². The van der Waals surface area contributed by atoms with E-state index in [0.29, 0.717) is 6.42 Å². The molecule has 0 N–H and O–H groups in total. The molecule has 0 fully saturated rings. The number of carbonyl (C=O) groups is 2. The molecule has 0 spiro atoms. The first-order chi connectivity index (χ1) is 12.2. The number of amides is 1. The number of rotatable bonds is 9. The minimum Gasteiger partial charge on any atom is -0.466 e. The van der Waals surface area contributed by atoms with Gasteiger partial charge in [0.2, 0.25) is 0 Å². The van der Waals surface area contributed by atoms with Gasteiger partial charge in [-0.15, -0.1) is 0 Å². The number of nitro groups is 2. The zero-order valence-electron chi connectivity index (χ0n) is 14.8. The first-order valence-corrected chi connectivity index (χ1v) is 8.11. The van der Waals surface area contributed by atoms with Crippen LogP contribution in [0.25, 0.3) is 0 Å². The molecule has 26 heavy (non-hydrogen) atoms. The second-order valence-corrected chi connectivity index (χ2v) is 5.56. The lowest BCUT2D eigenvalue weighted by atomic mass is 10.1. The van der Waals surface area contributed by atoms with E-state index >= 15 is 0 Å². The molecule has 1 atom stereocenters. The van der Waals surface area contributed by atoms with Crippen molar-refractivity contribution in [3.8, 4) is 0 Å². The summed E-state index contributed by atoms with van der Waals surface area (Å²) < 4.78 is 4.84. The first-order valence-electron chi connectivity index (χ1n) is 8.11. The molecule has 0 aromatic heterocycles. The molecule has 1 rings (SSSR count). The molecule has 1 unspecified atom stereocenters. The van der Waals surface area contributed by atoms with E-state index in [2.05, 4.69) is 0 Å². The summed E-state index contributed by atoms with van der Waals surface area (Å²) in [7, 11) is 0. The maximum Gasteiger partial charge on any atom is 0.307 e. The number of hydrogen-bond acceptors (Lipinski definition) is 7. The highest BCUT2D eigenvalue weighted by Gasteiger charge is 2.26. The summed E-state index contributed by atoms with van der Waals surface area (Å²) in [5, 5.41) is 22.0. The van der Waals surface area contributed by atoms with Crippen LogP contribution in [0.15, 0.2) is 18.2 Å². The molecular formula is C16H21N3O7. The fourth-order valence-corrected chi connectivity index (χ4v) is 2.28. The van der Waals surface area contributed by atoms with E-state index in [-0.39, 0.29) is 31.2 Å². The van der Waals surface area contributed by atoms with Crippen molar-refractivity contribution in [1.82, 2.24) is 4.90 Å². The monoisotopic (exact) mass is 367 g/mol. The van der Waals surface area contributed by atoms with Gasteiger partial charge in [-0.05, 0) is 20.3 Å². The predicted molar refractivity (Wildman–Crippen MR) is 91.8 cm³/mol. The molecule has 10 nitrogen and oxygen atoms in total. The summed E-state index contributed by atoms with van der Waals surface area (Å²) in [5.41, 5.74) is -1.26. The van der Waals surface area contributed by atoms with E-state index in [4.69, 9.17) is 4.74 Å². The second kappa shape index (κ2) is 9.44. The van der Waals surface area contributed by atoms with E-state index in [9.17, 15) is 29.8 Å². The van der Waals surface area contributed by atoms with Crippen LogP contribution in [0.2, 0.25) is 0 Å². The Bertz CT molecular complexity index is 673. The molecule has 0 aliphatic carbocycles. The Labute approximate surface area is 150 Å². The predicted octanol–water partition coefficient (Wildman–Crippen LogP) is 2.70. The lowest BCUT2D eigenvalue weighted by Crippen LogP contribution is -2.40. The van der Waals surface area contributed by atoms with E-state index in [1.54, 1.807) is 13.8 Å². The number of nitro benzene ring substituents is 2. The molecule has 0 saturated heterocycles. The van der Waals surface area contributed by atoms with Crippen LogP contribution in [-0.4, -0.2) is 45.8 Å². The van der Waals surface area contributed by atoms with Gasteiger partial charge in [0, 0.05) is 24.7 Å². The number of hydrogen-bond donors (Lipinski definition) is 0. The fraction of sp³-hybridized carbons (Fsp3) is 0.500. The molecular weight excluding hydrogens is 346 g/mol. The molecule has 0 saturated carbocycles. The molecule has 0 bridgehead atoms. The van der Waals surface area contributed by atoms with Crippen LogP contribution in [0, 0.1) is 20.2 Å². The van der Waals surface area contributed by atoms with Crippen LogP contribution >= 0.6 is 0 Å². The largest absolute Gasteiger partial charge is 0.466 e. The summed E-state index contributed by atoms with van der Waals surface area (Å²) in [6, 6.07) is 2.52. The summed E-state index contributed by atoms with van der Waals surface area (Å²) >= 11 is 0. The van der Waals surface area contributed by atoms with Crippen LogP contribution in [0.5, 0.6) is 0 Å². The van der Waals surface area contributed by atoms with Gasteiger partial charge in [-0.3, -0.25) is 29.8 Å². The van der Waals surface area contributed by atoms with Gasteiger partial charge in [0.25, 0.3) is 17.3 Å². The Morgan fingerprint density at radius 1 is 1.12 bits per heavy atom. The normalized spacial score (nSPS) is 11.5. The van der Waals surface area contributed by atoms with E-state index in [0.717, 1.165) is 18.2 Å². The minimum absolute atomic E-state index is 0.0407. The van der Waals surface area contributed by atoms with Crippen molar-refractivity contribution in [3.05, 3.63) is 44.0 Å². The fourth-order valence-electron chi connectivity index (χ4n) is 2.28. The van der Waals surface area contributed by atoms with Gasteiger partial charge in [0.05, 0.1) is 34.5 Å². The molecule has 0 radical (unpaired) electrons. The number of carbonyl (C=O) groups excluding carboxylic acids is 2. The van der Waals surface area contributed by atoms with Crippen molar-refractivity contribution < 1.29 is 24.2 Å². The Morgan fingerprint density at radius 3 is 2.08 bits per heavy atom. The number of esters is 1. The lowest BCUT2D eigenvalue weighted by molar-refractivity contribution is -0.394. The molecule has 142 valence electrons. The smallest absolute Gasteiger partial charge is 0.307 e. The topological polar surface area (TPSA) is 133 Å². The number of nitrogens with zero attached hydrogens (tertiary/aromatic N) is 3. The maximum atomic E-state index is 12.8. The third-order valence-corrected chi connectivity index (χ3v) is 3.82. The van der Waals surface area contributed by atoms with Gasteiger partial charge in [0.15, 0.2) is 0 Å². The van der Waals surface area contributed by atoms with Gasteiger partial charge >= 0.3 is 5.97 Å². The van der Waals surface area contributed by atoms with Crippen LogP contribution in [0.4, 0.5) is 11.4 Å². The first kappa shape index (κ1) is 21.0. The Kier molecular flexibility index (Phi) is 7.63. The molecule has 0 aliphatic rings. The van der Waals surface area contributed by atoms with Crippen LogP contribution in [0.1, 0.15) is 44.0 Å². The molecule has 1 amide bonds. The maximum absolute atomic E-state index is 12.8. The highest BCUT2D eigenvalue weighted by Crippen LogP contribution is 2.24. The quantitative estimate of drug-likeness (QED) is 0.372. The Hall–Kier alpha value is -3.04. The number of non-ortho nitro benzene ring substituents is 2. The zero-order valence-corrected chi connectivity index (χ0v) is 14.8. The Balaban J connectivity index is 3.19. The molecule has 10 heteroatoms. The van der Waals surface area contributed by atoms with Crippen LogP contribution in [-0.2, 0) is 9.53 Å². The highest BCUT2D eigenvalue weighted by atomic mass is 16.6. The number of benzene rings is 1. The van der Waals surface area contributed by atoms with Crippen molar-refractivity contribution >= 4 is 23.3 Å². The van der Waals surface area contributed by atoms with E-state index in [1.807, 2.05) is 6.92 Å². The lowest BCUT2D eigenvalue weighted by Gasteiger charge is -2.28. The van der Waals surface area contributed by atoms with Gasteiger partial charge in [0.1, 0.15) is 0 Å². The number of ether oxygens (including phenoxy) is 1. The van der Waals surface area contributed by atoms with Gasteiger partial charge in [-0.2, -0.15) is 0 Å². The second-order valence-electron chi connectivity index (χ2n) is 5.56. The van der Waals surface area contributed by atoms with Gasteiger partial charge < -0.3 is 9.64 Å². The van der Waals surface area contributed by atoms with Crippen molar-refractivity contribution in [1.29, 1.82) is 0 Å². The summed E-state index contributed by atoms with van der Waals surface area (Å²) in [6.07, 6.45) is 0.534. The minimum atomic E-state index is -0.796. The average molecular weight is 367 g/mol. The van der Waals surface area contributed by atoms with Crippen molar-refractivity contribution in [2.24, 2.45) is 0 Å². The van der Waals surface area contributed by atoms with Gasteiger partial charge in [-0.25, -0.2) is 0 Å². The molecule has 1 aromatic rings. The van der Waals surface area contributed by atoms with E-state index < -0.39 is 33.1 Å². The third-order valence-electron chi connectivity index (χ3n) is 3.82. The van der Waals surface area contributed by atoms with Crippen LogP contribution in [0.3, 0.4) is 0 Å². The van der Waals surface area contributed by atoms with Crippen molar-refractivity contribution in [2.75, 3.05) is 13.2 Å². The van der Waals surface area contributed by atoms with E-state index in [1.165, 1.54) is 4.90 Å². The molecule has 0 heterocycles. The average Bonchev–Trinajstić information content (AvgIpc) is 2.60. The molecule has 0 aliphatic heterocycles. The SMILES string of the molecule is CCOC(=O)CCN(C(=O)c1cc([N+](=O)[O-])cc([N+](=O)[O-])c1)C(C)CC. The van der Waals surface area contributed by atoms with Crippen molar-refractivity contribution in [3.63, 3.8) is 0 Å². The summed E-state index contributed by atoms with van der Waals surface area (Å²) in [6.45, 7) is 5.52. The standard InChI is InChI=1S/C16H21N3O7/c1-4-11(3)17(7-6-15(20)26-5-2)16(21)12-8-13(18(22)23)10-14(9-12)19(24)25/h8-11H,4-7H2,1-3H3. The Morgan fingerprint density at radius 2 is 1.65 bits per heavy atom. The summed E-state index contributed by atoms with van der Waals surface area (Å²) in [4.78, 5) is 46.1. The highest BCUT2D eigenvalue weighted by molar-refractivity contribution is 5.96. The molecule has 1 aromatic carbocycles. The zero-order chi connectivity index (χ0) is 19.9. The van der Waals surface area contributed by atoms with Crippen LogP contribution < -0.4 is 0 Å². The summed E-state index contributed by atoms with van der Waals surface area (Å²) in [5.74, 6) is -1.09. The third kappa shape index (κ3) is 5.50.